The molecule has 0 heteroatoms. The molecule has 0 nitrogen and oxygen atoms in total. The molecule has 0 atom stereocenters. The Balaban J connectivity index is 1.19. The van der Waals surface area contributed by atoms with E-state index in [0.717, 1.165) is 35.5 Å². The summed E-state index contributed by atoms with van der Waals surface area (Å²) in [6.45, 7) is 6.24. The average molecular weight is 415 g/mol. The molecule has 0 aromatic carbocycles. The van der Waals surface area contributed by atoms with Crippen LogP contribution < -0.4 is 0 Å². The van der Waals surface area contributed by atoms with Gasteiger partial charge < -0.3 is 0 Å². The molecule has 0 unspecified atom stereocenters. The molecule has 0 N–H and O–H groups in total. The number of allylic oxidation sites excluding steroid dienone is 1. The molecule has 0 aromatic rings. The third-order valence-corrected chi connectivity index (χ3v) is 9.64. The molecule has 3 fully saturated rings. The van der Waals surface area contributed by atoms with E-state index in [4.69, 9.17) is 0 Å². The van der Waals surface area contributed by atoms with Crippen LogP contribution in [0.3, 0.4) is 0 Å². The van der Waals surface area contributed by atoms with Gasteiger partial charge in [-0.05, 0) is 74.0 Å². The Kier molecular flexibility index (Phi) is 11.4. The molecule has 3 rings (SSSR count). The van der Waals surface area contributed by atoms with Crippen LogP contribution in [0, 0.1) is 35.5 Å². The van der Waals surface area contributed by atoms with Crippen LogP contribution in [0.25, 0.3) is 0 Å². The zero-order valence-electron chi connectivity index (χ0n) is 20.6. The Morgan fingerprint density at radius 3 is 1.30 bits per heavy atom. The number of hydrogen-bond donors (Lipinski definition) is 0. The van der Waals surface area contributed by atoms with Gasteiger partial charge in [-0.25, -0.2) is 0 Å². The van der Waals surface area contributed by atoms with Crippen molar-refractivity contribution in [2.24, 2.45) is 35.5 Å². The van der Waals surface area contributed by atoms with Gasteiger partial charge in [0.05, 0.1) is 0 Å². The van der Waals surface area contributed by atoms with Crippen molar-refractivity contribution in [3.05, 3.63) is 12.7 Å². The van der Waals surface area contributed by atoms with Crippen molar-refractivity contribution in [3.63, 3.8) is 0 Å². The first-order chi connectivity index (χ1) is 14.8. The van der Waals surface area contributed by atoms with E-state index in [1.54, 1.807) is 57.8 Å². The fraction of sp³-hybridized carbons (Fsp3) is 0.933. The maximum Gasteiger partial charge on any atom is -0.0351 e. The van der Waals surface area contributed by atoms with Crippen LogP contribution in [0.15, 0.2) is 12.7 Å². The van der Waals surface area contributed by atoms with Crippen LogP contribution in [0.4, 0.5) is 0 Å². The molecule has 0 spiro atoms. The maximum atomic E-state index is 3.89. The fourth-order valence-electron chi connectivity index (χ4n) is 7.42. The largest absolute Gasteiger partial charge is 0.103 e. The van der Waals surface area contributed by atoms with E-state index in [1.807, 2.05) is 0 Å². The van der Waals surface area contributed by atoms with Crippen molar-refractivity contribution >= 4 is 0 Å². The number of hydrogen-bond acceptors (Lipinski definition) is 0. The molecular weight excluding hydrogens is 360 g/mol. The van der Waals surface area contributed by atoms with Crippen molar-refractivity contribution in [1.82, 2.24) is 0 Å². The minimum Gasteiger partial charge on any atom is -0.103 e. The molecule has 0 radical (unpaired) electrons. The summed E-state index contributed by atoms with van der Waals surface area (Å²) < 4.78 is 0. The fourth-order valence-corrected chi connectivity index (χ4v) is 7.42. The highest BCUT2D eigenvalue weighted by Gasteiger charge is 2.30. The molecule has 3 aliphatic carbocycles. The zero-order valence-corrected chi connectivity index (χ0v) is 20.6. The second-order valence-corrected chi connectivity index (χ2v) is 11.7. The van der Waals surface area contributed by atoms with Gasteiger partial charge in [0, 0.05) is 0 Å². The van der Waals surface area contributed by atoms with Crippen molar-refractivity contribution in [2.45, 2.75) is 142 Å². The zero-order chi connectivity index (χ0) is 21.0. The lowest BCUT2D eigenvalue weighted by molar-refractivity contribution is 0.139. The molecule has 0 aliphatic heterocycles. The molecule has 0 saturated heterocycles. The summed E-state index contributed by atoms with van der Waals surface area (Å²) in [5.41, 5.74) is 0. The molecule has 0 bridgehead atoms. The van der Waals surface area contributed by atoms with E-state index in [0.29, 0.717) is 0 Å². The van der Waals surface area contributed by atoms with Gasteiger partial charge in [-0.3, -0.25) is 0 Å². The van der Waals surface area contributed by atoms with E-state index in [1.165, 1.54) is 77.0 Å². The van der Waals surface area contributed by atoms with Crippen molar-refractivity contribution in [1.29, 1.82) is 0 Å². The highest BCUT2D eigenvalue weighted by atomic mass is 14.4. The van der Waals surface area contributed by atoms with Crippen LogP contribution >= 0.6 is 0 Å². The lowest BCUT2D eigenvalue weighted by Crippen LogP contribution is -2.26. The minimum absolute atomic E-state index is 1.01. The lowest BCUT2D eigenvalue weighted by Gasteiger charge is -2.38. The average Bonchev–Trinajstić information content (AvgIpc) is 2.81. The predicted octanol–water partition coefficient (Wildman–Crippen LogP) is 10.1. The lowest BCUT2D eigenvalue weighted by atomic mass is 9.68. The topological polar surface area (TPSA) is 0 Å². The van der Waals surface area contributed by atoms with Crippen LogP contribution in [-0.2, 0) is 0 Å². The van der Waals surface area contributed by atoms with E-state index in [2.05, 4.69) is 19.6 Å². The van der Waals surface area contributed by atoms with Gasteiger partial charge in [0.1, 0.15) is 0 Å². The highest BCUT2D eigenvalue weighted by molar-refractivity contribution is 4.82. The van der Waals surface area contributed by atoms with Crippen molar-refractivity contribution in [2.75, 3.05) is 0 Å². The second kappa shape index (κ2) is 14.0. The minimum atomic E-state index is 1.01. The first-order valence-corrected chi connectivity index (χ1v) is 14.4. The highest BCUT2D eigenvalue weighted by Crippen LogP contribution is 2.43. The normalized spacial score (nSPS) is 35.2. The van der Waals surface area contributed by atoms with E-state index in [9.17, 15) is 0 Å². The van der Waals surface area contributed by atoms with Gasteiger partial charge in [0.25, 0.3) is 0 Å². The summed E-state index contributed by atoms with van der Waals surface area (Å²) in [7, 11) is 0. The quantitative estimate of drug-likeness (QED) is 0.220. The van der Waals surface area contributed by atoms with E-state index >= 15 is 0 Å². The smallest absolute Gasteiger partial charge is 0.0351 e. The van der Waals surface area contributed by atoms with Crippen LogP contribution in [0.1, 0.15) is 142 Å². The Bertz CT molecular complexity index is 427. The molecule has 30 heavy (non-hydrogen) atoms. The first-order valence-electron chi connectivity index (χ1n) is 14.4. The Morgan fingerprint density at radius 2 is 0.900 bits per heavy atom. The van der Waals surface area contributed by atoms with Crippen molar-refractivity contribution in [3.8, 4) is 0 Å². The van der Waals surface area contributed by atoms with E-state index in [-0.39, 0.29) is 0 Å². The number of rotatable bonds is 12. The summed E-state index contributed by atoms with van der Waals surface area (Å²) in [6.07, 6.45) is 33.8. The summed E-state index contributed by atoms with van der Waals surface area (Å²) >= 11 is 0. The third kappa shape index (κ3) is 8.35. The Morgan fingerprint density at radius 1 is 0.533 bits per heavy atom. The first kappa shape index (κ1) is 24.4. The summed E-state index contributed by atoms with van der Waals surface area (Å²) in [4.78, 5) is 0. The summed E-state index contributed by atoms with van der Waals surface area (Å²) in [5.74, 6) is 6.44. The molecule has 3 saturated carbocycles. The third-order valence-electron chi connectivity index (χ3n) is 9.64. The van der Waals surface area contributed by atoms with Crippen molar-refractivity contribution < 1.29 is 0 Å². The van der Waals surface area contributed by atoms with Crippen LogP contribution in [-0.4, -0.2) is 0 Å². The molecule has 3 aliphatic rings. The Labute approximate surface area is 190 Å². The van der Waals surface area contributed by atoms with Gasteiger partial charge in [-0.15, -0.1) is 6.58 Å². The number of unbranched alkanes of at least 4 members (excludes halogenated alkanes) is 2. The standard InChI is InChI=1S/C30H54/c1-3-5-9-25-13-15-27(16-14-25)11-7-8-12-28-19-23-30(24-20-28)29-21-17-26(18-22-29)10-6-4-2/h3,25-30H,1,4-24H2,2H3/t25-,26-,27-,28?,29-,30?. The van der Waals surface area contributed by atoms with Gasteiger partial charge in [-0.1, -0.05) is 109 Å². The monoisotopic (exact) mass is 414 g/mol. The van der Waals surface area contributed by atoms with Gasteiger partial charge in [0.15, 0.2) is 0 Å². The van der Waals surface area contributed by atoms with Crippen LogP contribution in [0.2, 0.25) is 0 Å². The SMILES string of the molecule is C=CCC[C@H]1CC[C@H](CCCCC2CCC([C@H]3CC[C@H](CCCC)CC3)CC2)CC1. The second-order valence-electron chi connectivity index (χ2n) is 11.7. The van der Waals surface area contributed by atoms with Gasteiger partial charge >= 0.3 is 0 Å². The van der Waals surface area contributed by atoms with E-state index < -0.39 is 0 Å². The summed E-state index contributed by atoms with van der Waals surface area (Å²) in [6, 6.07) is 0. The molecular formula is C30H54. The molecule has 0 heterocycles. The van der Waals surface area contributed by atoms with Gasteiger partial charge in [-0.2, -0.15) is 0 Å². The molecule has 0 aromatic heterocycles. The predicted molar refractivity (Wildman–Crippen MR) is 134 cm³/mol. The molecule has 0 amide bonds. The maximum absolute atomic E-state index is 3.89. The molecule has 174 valence electrons. The van der Waals surface area contributed by atoms with Gasteiger partial charge in [0.2, 0.25) is 0 Å². The van der Waals surface area contributed by atoms with Crippen LogP contribution in [0.5, 0.6) is 0 Å². The Hall–Kier alpha value is -0.260. The summed E-state index contributed by atoms with van der Waals surface area (Å²) in [5, 5.41) is 0.